The molecule has 1 atom stereocenters. The molecule has 1 aromatic rings. The average molecular weight is 548 g/mol. The van der Waals surface area contributed by atoms with Crippen molar-refractivity contribution in [1.82, 2.24) is 0 Å². The summed E-state index contributed by atoms with van der Waals surface area (Å²) < 4.78 is 8.63. The zero-order chi connectivity index (χ0) is 17.1. The van der Waals surface area contributed by atoms with Crippen molar-refractivity contribution >= 4 is 53.7 Å². The number of alkyl halides is 1. The monoisotopic (exact) mass is 544 g/mol. The van der Waals surface area contributed by atoms with Gasteiger partial charge in [0.1, 0.15) is 0 Å². The van der Waals surface area contributed by atoms with Crippen molar-refractivity contribution in [1.29, 1.82) is 0 Å². The molecule has 0 nitrogen and oxygen atoms in total. The van der Waals surface area contributed by atoms with Gasteiger partial charge in [-0.2, -0.15) is 0 Å². The zero-order valence-corrected chi connectivity index (χ0v) is 22.5. The quantitative estimate of drug-likeness (QED) is 0.284. The number of hydrogen-bond donors (Lipinski definition) is 0. The Balaban J connectivity index is 0.00000121. The SMILES string of the molecule is CC1=[C]([Zr]([CH3])([CH3])(=[SiH2])[C]2=CC=CC2)C2=Cc3ccccc3C(Br)C2=C1.Cl.Cl. The fourth-order valence-electron chi connectivity index (χ4n) is 4.57. The summed E-state index contributed by atoms with van der Waals surface area (Å²) in [5.41, 5.74) is 7.22. The zero-order valence-electron chi connectivity index (χ0n) is 15.4. The maximum atomic E-state index is 3.98. The van der Waals surface area contributed by atoms with Crippen LogP contribution in [0.1, 0.15) is 29.3 Å². The number of rotatable bonds is 2. The third kappa shape index (κ3) is 3.33. The molecule has 138 valence electrons. The van der Waals surface area contributed by atoms with Gasteiger partial charge in [-0.25, -0.2) is 0 Å². The molecule has 0 radical (unpaired) electrons. The fourth-order valence-corrected chi connectivity index (χ4v) is 19.9. The Kier molecular flexibility index (Phi) is 6.44. The van der Waals surface area contributed by atoms with Crippen LogP contribution in [0.4, 0.5) is 0 Å². The summed E-state index contributed by atoms with van der Waals surface area (Å²) in [6.07, 6.45) is 13.0. The summed E-state index contributed by atoms with van der Waals surface area (Å²) in [4.78, 5) is 0.311. The van der Waals surface area contributed by atoms with Crippen LogP contribution in [0, 0.1) is 0 Å². The molecule has 0 bridgehead atoms. The first-order valence-electron chi connectivity index (χ1n) is 8.60. The Morgan fingerprint density at radius 2 is 1.81 bits per heavy atom. The van der Waals surface area contributed by atoms with Crippen LogP contribution in [-0.4, -0.2) is 6.88 Å². The molecule has 0 saturated heterocycles. The molecule has 0 aliphatic heterocycles. The first kappa shape index (κ1) is 22.4. The normalized spacial score (nSPS) is 21.1. The van der Waals surface area contributed by atoms with Crippen molar-refractivity contribution < 1.29 is 17.4 Å². The second-order valence-electron chi connectivity index (χ2n) is 8.22. The van der Waals surface area contributed by atoms with Gasteiger partial charge in [0.15, 0.2) is 0 Å². The standard InChI is InChI=1S/C14H10Br.C5H5.2CH3.2ClH.H2Si.Zr/c1-9-6-11-8-10-4-2-3-5-12(10)14(15)13(11)7-9;1-2-4-5-3-1;;;;;;/h2-5,7-8,14H,1H3;1-3H,4H2;2*1H3;2*1H;1H2;. The van der Waals surface area contributed by atoms with Crippen LogP contribution in [0.2, 0.25) is 9.26 Å². The summed E-state index contributed by atoms with van der Waals surface area (Å²) >= 11 is 0.854. The number of fused-ring (bicyclic) bond motifs is 2. The van der Waals surface area contributed by atoms with Crippen molar-refractivity contribution in [2.24, 2.45) is 0 Å². The summed E-state index contributed by atoms with van der Waals surface area (Å²) in [5, 5.41) is 0. The van der Waals surface area contributed by atoms with E-state index in [-0.39, 0.29) is 24.8 Å². The van der Waals surface area contributed by atoms with Crippen molar-refractivity contribution in [3.05, 3.63) is 83.0 Å². The van der Waals surface area contributed by atoms with E-state index in [1.807, 2.05) is 0 Å². The minimum absolute atomic E-state index is 0. The largest absolute Gasteiger partial charge is 0.147 e. The Labute approximate surface area is 180 Å². The number of benzene rings is 1. The fraction of sp³-hybridized carbons (Fsp3) is 0.238. The summed E-state index contributed by atoms with van der Waals surface area (Å²) in [7, 11) is 0. The van der Waals surface area contributed by atoms with Crippen molar-refractivity contribution in [2.75, 3.05) is 0 Å². The van der Waals surface area contributed by atoms with Crippen molar-refractivity contribution in [3.63, 3.8) is 0 Å². The van der Waals surface area contributed by atoms with E-state index in [2.05, 4.69) is 93.6 Å². The molecule has 1 unspecified atom stereocenters. The average Bonchev–Trinajstić information content (AvgIpc) is 3.15. The molecule has 0 heterocycles. The molecule has 3 aliphatic carbocycles. The van der Waals surface area contributed by atoms with Gasteiger partial charge in [-0.1, -0.05) is 0 Å². The van der Waals surface area contributed by atoms with Crippen LogP contribution in [0.15, 0.2) is 71.9 Å². The second kappa shape index (κ2) is 7.48. The van der Waals surface area contributed by atoms with Crippen LogP contribution in [0.5, 0.6) is 0 Å². The Morgan fingerprint density at radius 3 is 2.46 bits per heavy atom. The molecule has 5 heteroatoms. The summed E-state index contributed by atoms with van der Waals surface area (Å²) in [6, 6.07) is 8.79. The molecule has 0 amide bonds. The minimum Gasteiger partial charge on any atom is -0.147 e. The van der Waals surface area contributed by atoms with Gasteiger partial charge in [-0.3, -0.25) is 0 Å². The molecule has 0 saturated carbocycles. The van der Waals surface area contributed by atoms with Crippen LogP contribution in [0.25, 0.3) is 6.08 Å². The Hall–Kier alpha value is 0.0800. The Bertz CT molecular complexity index is 989. The third-order valence-corrected chi connectivity index (χ3v) is 23.1. The van der Waals surface area contributed by atoms with Gasteiger partial charge in [-0.05, 0) is 0 Å². The maximum absolute atomic E-state index is 3.98. The molecule has 0 N–H and O–H groups in total. The van der Waals surface area contributed by atoms with E-state index in [0.717, 1.165) is 6.42 Å². The van der Waals surface area contributed by atoms with Crippen molar-refractivity contribution in [2.45, 2.75) is 27.4 Å². The smallest absolute Gasteiger partial charge is 0.147 e. The van der Waals surface area contributed by atoms with Gasteiger partial charge in [0.2, 0.25) is 0 Å². The Morgan fingerprint density at radius 1 is 1.12 bits per heavy atom. The molecular weight excluding hydrogens is 522 g/mol. The van der Waals surface area contributed by atoms with E-state index < -0.39 is 17.4 Å². The van der Waals surface area contributed by atoms with Gasteiger partial charge in [-0.15, -0.1) is 24.8 Å². The van der Waals surface area contributed by atoms with Gasteiger partial charge in [0.25, 0.3) is 0 Å². The summed E-state index contributed by atoms with van der Waals surface area (Å²) in [6.45, 7) is 4.66. The molecule has 4 rings (SSSR count). The van der Waals surface area contributed by atoms with Crippen LogP contribution >= 0.6 is 40.7 Å². The van der Waals surface area contributed by atoms with Crippen LogP contribution < -0.4 is 0 Å². The molecular formula is C21H25BrCl2SiZr. The number of allylic oxidation sites excluding steroid dienone is 9. The molecule has 0 spiro atoms. The molecule has 0 fully saturated rings. The van der Waals surface area contributed by atoms with Gasteiger partial charge < -0.3 is 0 Å². The second-order valence-corrected chi connectivity index (χ2v) is 37.7. The van der Waals surface area contributed by atoms with Crippen LogP contribution in [-0.2, 0) is 17.4 Å². The number of hydrogen-bond acceptors (Lipinski definition) is 0. The van der Waals surface area contributed by atoms with E-state index in [0.29, 0.717) is 4.83 Å². The van der Waals surface area contributed by atoms with Gasteiger partial charge in [0, 0.05) is 0 Å². The van der Waals surface area contributed by atoms with Crippen LogP contribution in [0.3, 0.4) is 0 Å². The first-order chi connectivity index (χ1) is 11.3. The van der Waals surface area contributed by atoms with Crippen molar-refractivity contribution in [3.8, 4) is 0 Å². The summed E-state index contributed by atoms with van der Waals surface area (Å²) in [5.74, 6) is 0. The van der Waals surface area contributed by atoms with Gasteiger partial charge in [0.05, 0.1) is 0 Å². The predicted octanol–water partition coefficient (Wildman–Crippen LogP) is 6.75. The minimum atomic E-state index is -3.13. The topological polar surface area (TPSA) is 0 Å². The van der Waals surface area contributed by atoms with E-state index in [1.54, 1.807) is 6.56 Å². The molecule has 26 heavy (non-hydrogen) atoms. The molecule has 1 aromatic carbocycles. The van der Waals surface area contributed by atoms with E-state index >= 15 is 0 Å². The molecule has 3 aliphatic rings. The van der Waals surface area contributed by atoms with Gasteiger partial charge >= 0.3 is 157 Å². The third-order valence-electron chi connectivity index (χ3n) is 5.79. The van der Waals surface area contributed by atoms with E-state index in [1.165, 1.54) is 27.8 Å². The first-order valence-corrected chi connectivity index (χ1v) is 22.8. The van der Waals surface area contributed by atoms with E-state index in [4.69, 9.17) is 0 Å². The number of halogens is 3. The molecule has 0 aromatic heterocycles. The van der Waals surface area contributed by atoms with E-state index in [9.17, 15) is 0 Å². The maximum Gasteiger partial charge on any atom is -0.147 e. The predicted molar refractivity (Wildman–Crippen MR) is 123 cm³/mol.